The van der Waals surface area contributed by atoms with Gasteiger partial charge in [0, 0.05) is 22.4 Å². The second kappa shape index (κ2) is 4.26. The molecule has 0 fully saturated rings. The predicted octanol–water partition coefficient (Wildman–Crippen LogP) is 3.41. The average Bonchev–Trinajstić information content (AvgIpc) is 2.17. The van der Waals surface area contributed by atoms with Crippen molar-refractivity contribution in [3.05, 3.63) is 39.7 Å². The van der Waals surface area contributed by atoms with Crippen molar-refractivity contribution in [1.29, 1.82) is 0 Å². The minimum atomic E-state index is -0.487. The van der Waals surface area contributed by atoms with Crippen molar-refractivity contribution in [3.63, 3.8) is 0 Å². The van der Waals surface area contributed by atoms with Crippen LogP contribution in [0.3, 0.4) is 0 Å². The average molecular weight is 276 g/mol. The van der Waals surface area contributed by atoms with E-state index in [9.17, 15) is 14.5 Å². The SMILES string of the molecule is CC(C)(CBr)c1cc(F)ccc1[N+](=O)[O-]. The molecule has 0 unspecified atom stereocenters. The van der Waals surface area contributed by atoms with Crippen LogP contribution in [0.15, 0.2) is 18.2 Å². The van der Waals surface area contributed by atoms with Crippen LogP contribution in [0.1, 0.15) is 19.4 Å². The molecule has 0 aliphatic heterocycles. The summed E-state index contributed by atoms with van der Waals surface area (Å²) in [6.45, 7) is 3.65. The Morgan fingerprint density at radius 3 is 2.60 bits per heavy atom. The van der Waals surface area contributed by atoms with Gasteiger partial charge in [-0.25, -0.2) is 4.39 Å². The molecule has 0 saturated heterocycles. The van der Waals surface area contributed by atoms with Gasteiger partial charge in [0.2, 0.25) is 0 Å². The Morgan fingerprint density at radius 2 is 2.13 bits per heavy atom. The number of hydrogen-bond donors (Lipinski definition) is 0. The number of alkyl halides is 1. The largest absolute Gasteiger partial charge is 0.273 e. The molecule has 0 N–H and O–H groups in total. The standard InChI is InChI=1S/C10H11BrFNO2/c1-10(2,6-11)8-5-7(12)3-4-9(8)13(14)15/h3-5H,6H2,1-2H3. The van der Waals surface area contributed by atoms with E-state index >= 15 is 0 Å². The van der Waals surface area contributed by atoms with Crippen molar-refractivity contribution in [3.8, 4) is 0 Å². The van der Waals surface area contributed by atoms with E-state index < -0.39 is 16.2 Å². The summed E-state index contributed by atoms with van der Waals surface area (Å²) in [5, 5.41) is 11.3. The van der Waals surface area contributed by atoms with Gasteiger partial charge in [-0.15, -0.1) is 0 Å². The van der Waals surface area contributed by atoms with Gasteiger partial charge in [-0.3, -0.25) is 10.1 Å². The summed E-state index contributed by atoms with van der Waals surface area (Å²) in [7, 11) is 0. The van der Waals surface area contributed by atoms with Gasteiger partial charge in [0.1, 0.15) is 5.82 Å². The Labute approximate surface area is 95.6 Å². The maximum Gasteiger partial charge on any atom is 0.273 e. The van der Waals surface area contributed by atoms with Crippen LogP contribution in [-0.2, 0) is 5.41 Å². The molecule has 1 aromatic rings. The number of benzene rings is 1. The van der Waals surface area contributed by atoms with E-state index in [1.54, 1.807) is 0 Å². The molecule has 15 heavy (non-hydrogen) atoms. The third-order valence-electron chi connectivity index (χ3n) is 2.22. The van der Waals surface area contributed by atoms with Crippen molar-refractivity contribution in [2.45, 2.75) is 19.3 Å². The van der Waals surface area contributed by atoms with Gasteiger partial charge in [-0.1, -0.05) is 29.8 Å². The van der Waals surface area contributed by atoms with Crippen LogP contribution in [0.5, 0.6) is 0 Å². The van der Waals surface area contributed by atoms with E-state index in [4.69, 9.17) is 0 Å². The molecule has 1 aromatic carbocycles. The lowest BCUT2D eigenvalue weighted by Crippen LogP contribution is -2.20. The molecular formula is C10H11BrFNO2. The molecule has 0 aliphatic rings. The first kappa shape index (κ1) is 12.1. The molecule has 0 amide bonds. The molecule has 0 radical (unpaired) electrons. The highest BCUT2D eigenvalue weighted by atomic mass is 79.9. The molecule has 5 heteroatoms. The molecule has 3 nitrogen and oxygen atoms in total. The van der Waals surface area contributed by atoms with Gasteiger partial charge in [0.25, 0.3) is 5.69 Å². The highest BCUT2D eigenvalue weighted by molar-refractivity contribution is 9.09. The lowest BCUT2D eigenvalue weighted by molar-refractivity contribution is -0.386. The van der Waals surface area contributed by atoms with Gasteiger partial charge in [-0.05, 0) is 12.1 Å². The fraction of sp³-hybridized carbons (Fsp3) is 0.400. The van der Waals surface area contributed by atoms with Gasteiger partial charge >= 0.3 is 0 Å². The minimum Gasteiger partial charge on any atom is -0.258 e. The minimum absolute atomic E-state index is 0.0409. The first-order chi connectivity index (χ1) is 6.88. The Kier molecular flexibility index (Phi) is 3.44. The second-order valence-electron chi connectivity index (χ2n) is 3.94. The van der Waals surface area contributed by atoms with E-state index in [0.717, 1.165) is 6.07 Å². The number of rotatable bonds is 3. The molecule has 0 heterocycles. The third-order valence-corrected chi connectivity index (χ3v) is 3.62. The van der Waals surface area contributed by atoms with Crippen molar-refractivity contribution >= 4 is 21.6 Å². The summed E-state index contributed by atoms with van der Waals surface area (Å²) in [4.78, 5) is 10.3. The fourth-order valence-corrected chi connectivity index (χ4v) is 1.58. The predicted molar refractivity (Wildman–Crippen MR) is 59.9 cm³/mol. The molecule has 0 bridgehead atoms. The lowest BCUT2D eigenvalue weighted by Gasteiger charge is -2.21. The summed E-state index contributed by atoms with van der Waals surface area (Å²) in [5.74, 6) is -0.454. The van der Waals surface area contributed by atoms with E-state index in [2.05, 4.69) is 15.9 Å². The lowest BCUT2D eigenvalue weighted by atomic mass is 9.86. The van der Waals surface area contributed by atoms with Crippen LogP contribution < -0.4 is 0 Å². The zero-order valence-electron chi connectivity index (χ0n) is 8.46. The fourth-order valence-electron chi connectivity index (χ4n) is 1.28. The first-order valence-electron chi connectivity index (χ1n) is 4.39. The highest BCUT2D eigenvalue weighted by Crippen LogP contribution is 2.33. The molecular weight excluding hydrogens is 265 g/mol. The molecule has 0 saturated carbocycles. The molecule has 0 spiro atoms. The number of nitro groups is 1. The Morgan fingerprint density at radius 1 is 1.53 bits per heavy atom. The molecule has 0 aliphatic carbocycles. The van der Waals surface area contributed by atoms with E-state index in [0.29, 0.717) is 10.9 Å². The third kappa shape index (κ3) is 2.53. The Balaban J connectivity index is 3.37. The maximum atomic E-state index is 13.0. The first-order valence-corrected chi connectivity index (χ1v) is 5.51. The molecule has 0 aromatic heterocycles. The summed E-state index contributed by atoms with van der Waals surface area (Å²) in [6.07, 6.45) is 0. The number of nitro benzene ring substituents is 1. The van der Waals surface area contributed by atoms with Crippen molar-refractivity contribution in [2.75, 3.05) is 5.33 Å². The van der Waals surface area contributed by atoms with Crippen LogP contribution in [-0.4, -0.2) is 10.3 Å². The van der Waals surface area contributed by atoms with E-state index in [1.807, 2.05) is 13.8 Å². The number of halogens is 2. The Bertz CT molecular complexity index is 393. The highest BCUT2D eigenvalue weighted by Gasteiger charge is 2.28. The normalized spacial score (nSPS) is 11.5. The van der Waals surface area contributed by atoms with Gasteiger partial charge in [0.15, 0.2) is 0 Å². The zero-order chi connectivity index (χ0) is 11.6. The van der Waals surface area contributed by atoms with Crippen LogP contribution in [0.2, 0.25) is 0 Å². The van der Waals surface area contributed by atoms with Crippen molar-refractivity contribution in [2.24, 2.45) is 0 Å². The van der Waals surface area contributed by atoms with Crippen molar-refractivity contribution < 1.29 is 9.31 Å². The van der Waals surface area contributed by atoms with E-state index in [-0.39, 0.29) is 5.69 Å². The summed E-state index contributed by atoms with van der Waals surface area (Å²) in [6, 6.07) is 3.53. The van der Waals surface area contributed by atoms with Crippen LogP contribution in [0, 0.1) is 15.9 Å². The second-order valence-corrected chi connectivity index (χ2v) is 4.50. The molecule has 82 valence electrons. The smallest absolute Gasteiger partial charge is 0.258 e. The van der Waals surface area contributed by atoms with Crippen LogP contribution in [0.4, 0.5) is 10.1 Å². The van der Waals surface area contributed by atoms with Gasteiger partial charge in [-0.2, -0.15) is 0 Å². The molecule has 1 rings (SSSR count). The van der Waals surface area contributed by atoms with Crippen molar-refractivity contribution in [1.82, 2.24) is 0 Å². The topological polar surface area (TPSA) is 43.1 Å². The van der Waals surface area contributed by atoms with Gasteiger partial charge < -0.3 is 0 Å². The van der Waals surface area contributed by atoms with Crippen LogP contribution in [0.25, 0.3) is 0 Å². The van der Waals surface area contributed by atoms with E-state index in [1.165, 1.54) is 12.1 Å². The summed E-state index contributed by atoms with van der Waals surface area (Å²) < 4.78 is 13.0. The zero-order valence-corrected chi connectivity index (χ0v) is 10.0. The summed E-state index contributed by atoms with van der Waals surface area (Å²) in [5.41, 5.74) is -0.102. The quantitative estimate of drug-likeness (QED) is 0.482. The summed E-state index contributed by atoms with van der Waals surface area (Å²) >= 11 is 3.27. The van der Waals surface area contributed by atoms with Gasteiger partial charge in [0.05, 0.1) is 4.92 Å². The monoisotopic (exact) mass is 275 g/mol. The maximum absolute atomic E-state index is 13.0. The molecule has 0 atom stereocenters. The number of nitrogens with zero attached hydrogens (tertiary/aromatic N) is 1. The van der Waals surface area contributed by atoms with Crippen LogP contribution >= 0.6 is 15.9 Å². The number of hydrogen-bond acceptors (Lipinski definition) is 2. The Hall–Kier alpha value is -0.970.